The standard InChI is InChI=1S/C38H24N4S.C32H22N2S.2C26H17N3S/c1-5-13-32-27(9-1)28-10-2-6-14-33(28)40(32)25-19-20-35-30(21-25)29-11-3-7-15-34(29)41(35)26-18-17-24-23-43-38-39-31-12-4-8-16-36(31)42(38)37(24)22-26;1-3-10-22(11-4-1)26-14-9-15-27(23-12-5-2-6-13-23)31(26)24-18-19-29-25(20-24)21-35-32-33-28-16-7-8-17-30(28)34(29)32;2*1-4-10-22-19(7-1)20-8-2-5-11-23(20)28(22)18-14-13-17-16-30-26-27-21-9-3-6-12-24(21)29(26)25(17)15-18/h1-22H,23H2;1-20H,21H2;2*1-15H,16H2/i1D,2D,5D,6D,9D,10D,13D,14D;1D,2D,3D,4D,5D,6D,10D,11D,12D,13D;1D,2D,4D,5D,7D,8D,10D,11D;1D,4D,7D,10D. The first-order valence-corrected chi connectivity index (χ1v) is 48.1. The van der Waals surface area contributed by atoms with E-state index in [0.717, 1.165) is 154 Å². The highest BCUT2D eigenvalue weighted by molar-refractivity contribution is 7.99. The highest BCUT2D eigenvalue weighted by Gasteiger charge is 2.30. The van der Waals surface area contributed by atoms with Crippen LogP contribution >= 0.6 is 47.0 Å². The van der Waals surface area contributed by atoms with Crippen LogP contribution in [0.25, 0.3) is 210 Å². The van der Waals surface area contributed by atoms with E-state index in [0.29, 0.717) is 44.9 Å². The minimum Gasteiger partial charge on any atom is -0.309 e. The van der Waals surface area contributed by atoms with Crippen LogP contribution in [0.15, 0.2) is 457 Å². The van der Waals surface area contributed by atoms with Crippen molar-refractivity contribution >= 4 is 178 Å². The number of aromatic nitrogens is 12. The molecule has 4 aliphatic rings. The first kappa shape index (κ1) is 55.5. The number of rotatable bonds is 7. The highest BCUT2D eigenvalue weighted by atomic mass is 32.2. The Kier molecular flexibility index (Phi) is 13.2. The number of fused-ring (bicyclic) bond motifs is 32. The second-order valence-electron chi connectivity index (χ2n) is 33.2. The van der Waals surface area contributed by atoms with Gasteiger partial charge in [-0.05, 0) is 213 Å². The SMILES string of the molecule is [2H]c1c([2H])c([2H])c(-c2cccc(-c3c([2H])c([2H])c([2H])c([2H])c3[2H])c2-c2ccc3c(c2)CSc2nc4ccccc4n2-3)c([2H])c1[2H].[2H]c1c([2H])c([2H])c2c(c1[2H])c1c([2H])c([2H])c([2H])c([2H])c1n2-c1ccc2c(c1)-n1c(nc3ccccc31)SC2.[2H]c1c([2H])c([2H])c2c(c1[2H])c1c([2H])c([2H])c([2H])c([2H])c1n2-c1ccc2c(c1)c1ccccc1n2-c1ccc2c(c1)-n1c(nc3ccccc31)SC2.[2H]c1c([2H])c([2H])c2c(c1[2H])c1ccccc1n2-c1ccc2c(c1)-n1c(nc3ccccc31)SC2. The molecule has 0 aliphatic carbocycles. The van der Waals surface area contributed by atoms with Crippen molar-refractivity contribution in [1.82, 2.24) is 56.5 Å². The molecule has 652 valence electrons. The smallest absolute Gasteiger partial charge is 0.174 e. The molecule has 27 aromatic rings. The highest BCUT2D eigenvalue weighted by Crippen LogP contribution is 2.49. The number of imidazole rings is 4. The van der Waals surface area contributed by atoms with Crippen molar-refractivity contribution in [2.75, 3.05) is 0 Å². The Bertz CT molecular complexity index is 11400. The second-order valence-corrected chi connectivity index (χ2v) is 37.0. The first-order valence-electron chi connectivity index (χ1n) is 59.2. The van der Waals surface area contributed by atoms with Crippen molar-refractivity contribution in [3.8, 4) is 78.9 Å². The molecule has 31 rings (SSSR count). The van der Waals surface area contributed by atoms with Crippen molar-refractivity contribution in [2.24, 2.45) is 0 Å². The van der Waals surface area contributed by atoms with Gasteiger partial charge in [0.2, 0.25) is 0 Å². The molecule has 12 nitrogen and oxygen atoms in total. The van der Waals surface area contributed by atoms with Gasteiger partial charge in [0.25, 0.3) is 0 Å². The molecular formula is C122H80N12S4. The molecule has 16 heteroatoms. The van der Waals surface area contributed by atoms with Gasteiger partial charge in [0.05, 0.1) is 152 Å². The molecule has 8 aromatic heterocycles. The topological polar surface area (TPSA) is 91.0 Å². The zero-order valence-corrected chi connectivity index (χ0v) is 75.3. The van der Waals surface area contributed by atoms with Crippen molar-refractivity contribution in [3.63, 3.8) is 0 Å². The van der Waals surface area contributed by atoms with Crippen LogP contribution in [0.2, 0.25) is 0 Å². The maximum absolute atomic E-state index is 8.93. The van der Waals surface area contributed by atoms with E-state index in [9.17, 15) is 0 Å². The Hall–Kier alpha value is -16.3. The summed E-state index contributed by atoms with van der Waals surface area (Å²) in [6.07, 6.45) is 0. The molecule has 0 bridgehead atoms. The van der Waals surface area contributed by atoms with Gasteiger partial charge in [0, 0.05) is 88.9 Å². The van der Waals surface area contributed by atoms with Gasteiger partial charge in [-0.3, -0.25) is 18.3 Å². The van der Waals surface area contributed by atoms with Gasteiger partial charge in [-0.2, -0.15) is 0 Å². The number of thioether (sulfide) groups is 4. The fourth-order valence-electron chi connectivity index (χ4n) is 19.8. The summed E-state index contributed by atoms with van der Waals surface area (Å²) in [5, 5.41) is 7.05. The lowest BCUT2D eigenvalue weighted by Crippen LogP contribution is -2.07. The second kappa shape index (κ2) is 32.8. The number of benzene rings is 19. The summed E-state index contributed by atoms with van der Waals surface area (Å²) in [5.41, 5.74) is 23.9. The Morgan fingerprint density at radius 1 is 0.196 bits per heavy atom. The fraction of sp³-hybridized carbons (Fsp3) is 0.0328. The average molecular weight is 1870 g/mol. The monoisotopic (exact) mass is 1870 g/mol. The van der Waals surface area contributed by atoms with Gasteiger partial charge in [0.1, 0.15) is 0 Å². The van der Waals surface area contributed by atoms with Crippen LogP contribution in [0.3, 0.4) is 0 Å². The van der Waals surface area contributed by atoms with Crippen LogP contribution in [0.1, 0.15) is 63.4 Å². The van der Waals surface area contributed by atoms with Crippen LogP contribution < -0.4 is 0 Å². The third-order valence-corrected chi connectivity index (χ3v) is 29.7. The van der Waals surface area contributed by atoms with E-state index < -0.39 is 109 Å². The zero-order chi connectivity index (χ0) is 117. The largest absolute Gasteiger partial charge is 0.309 e. The molecule has 0 spiro atoms. The van der Waals surface area contributed by atoms with E-state index in [-0.39, 0.29) is 138 Å². The van der Waals surface area contributed by atoms with Gasteiger partial charge in [-0.15, -0.1) is 0 Å². The van der Waals surface area contributed by atoms with Crippen molar-refractivity contribution in [3.05, 3.63) is 458 Å². The molecule has 0 N–H and O–H groups in total. The predicted octanol–water partition coefficient (Wildman–Crippen LogP) is 31.9. The molecule has 0 amide bonds. The van der Waals surface area contributed by atoms with Gasteiger partial charge in [-0.25, -0.2) is 19.9 Å². The molecule has 12 heterocycles. The maximum atomic E-state index is 8.93. The lowest BCUT2D eigenvalue weighted by molar-refractivity contribution is 0.892. The molecule has 138 heavy (non-hydrogen) atoms. The van der Waals surface area contributed by atoms with E-state index in [1.165, 1.54) is 11.1 Å². The van der Waals surface area contributed by atoms with E-state index in [4.69, 9.17) is 61.1 Å². The third-order valence-electron chi connectivity index (χ3n) is 25.7. The van der Waals surface area contributed by atoms with Gasteiger partial charge in [-0.1, -0.05) is 326 Å². The van der Waals surface area contributed by atoms with Crippen LogP contribution in [-0.4, -0.2) is 56.5 Å². The van der Waals surface area contributed by atoms with Gasteiger partial charge >= 0.3 is 0 Å². The van der Waals surface area contributed by atoms with Gasteiger partial charge in [0.15, 0.2) is 20.6 Å². The number of para-hydroxylation sites is 15. The summed E-state index contributed by atoms with van der Waals surface area (Å²) in [6.45, 7) is 0. The van der Waals surface area contributed by atoms with Crippen LogP contribution in [0.4, 0.5) is 0 Å². The summed E-state index contributed by atoms with van der Waals surface area (Å²) in [6, 6.07) is 71.2. The molecule has 0 saturated heterocycles. The van der Waals surface area contributed by atoms with Crippen LogP contribution in [0.5, 0.6) is 0 Å². The number of hydrogen-bond donors (Lipinski definition) is 0. The number of nitrogens with zero attached hydrogens (tertiary/aromatic N) is 12. The Labute approximate surface area is 852 Å². The third kappa shape index (κ3) is 13.0. The van der Waals surface area contributed by atoms with Crippen molar-refractivity contribution in [1.29, 1.82) is 0 Å². The molecule has 0 atom stereocenters. The summed E-state index contributed by atoms with van der Waals surface area (Å²) >= 11 is 6.64. The molecule has 0 unspecified atom stereocenters. The normalized spacial score (nSPS) is 15.9. The summed E-state index contributed by atoms with van der Waals surface area (Å²) in [7, 11) is 0. The zero-order valence-electron chi connectivity index (χ0n) is 102. The molecule has 19 aromatic carbocycles. The fourth-order valence-corrected chi connectivity index (χ4v) is 23.8. The molecule has 0 saturated carbocycles. The predicted molar refractivity (Wildman–Crippen MR) is 576 cm³/mol. The van der Waals surface area contributed by atoms with Crippen molar-refractivity contribution < 1.29 is 41.1 Å². The number of hydrogen-bond acceptors (Lipinski definition) is 8. The van der Waals surface area contributed by atoms with E-state index >= 15 is 0 Å². The Balaban J connectivity index is 0.000000105. The minimum absolute atomic E-state index is 0.0109. The van der Waals surface area contributed by atoms with Crippen molar-refractivity contribution in [2.45, 2.75) is 43.6 Å². The average Bonchev–Trinajstić information content (AvgIpc) is 1.54. The van der Waals surface area contributed by atoms with Crippen LogP contribution in [0, 0.1) is 0 Å². The minimum atomic E-state index is -0.522. The molecule has 0 radical (unpaired) electrons. The lowest BCUT2D eigenvalue weighted by atomic mass is 9.87. The molecular weight excluding hydrogens is 1760 g/mol. The maximum Gasteiger partial charge on any atom is 0.174 e. The summed E-state index contributed by atoms with van der Waals surface area (Å²) in [5.74, 6) is 2.93. The van der Waals surface area contributed by atoms with E-state index in [1.54, 1.807) is 74.4 Å². The van der Waals surface area contributed by atoms with Gasteiger partial charge < -0.3 is 18.3 Å². The van der Waals surface area contributed by atoms with E-state index in [2.05, 4.69) is 71.4 Å². The first-order chi connectivity index (χ1) is 80.9. The molecule has 4 aliphatic heterocycles. The quantitative estimate of drug-likeness (QED) is 0.156. The lowest BCUT2D eigenvalue weighted by Gasteiger charge is -2.22. The molecule has 0 fully saturated rings. The van der Waals surface area contributed by atoms with Crippen LogP contribution in [-0.2, 0) is 23.0 Å². The summed E-state index contributed by atoms with van der Waals surface area (Å²) in [4.78, 5) is 19.2. The van der Waals surface area contributed by atoms with E-state index in [1.807, 2.05) is 193 Å². The summed E-state index contributed by atoms with van der Waals surface area (Å²) < 4.78 is 271. The Morgan fingerprint density at radius 2 is 0.493 bits per heavy atom. The Morgan fingerprint density at radius 3 is 0.891 bits per heavy atom.